The van der Waals surface area contributed by atoms with Gasteiger partial charge in [0.25, 0.3) is 0 Å². The topological polar surface area (TPSA) is 55.1 Å². The third kappa shape index (κ3) is 5.09. The zero-order valence-corrected chi connectivity index (χ0v) is 16.1. The third-order valence-electron chi connectivity index (χ3n) is 5.46. The van der Waals surface area contributed by atoms with E-state index >= 15 is 0 Å². The number of benzene rings is 2. The molecule has 4 atom stereocenters. The molecule has 3 rings (SSSR count). The second-order valence-corrected chi connectivity index (χ2v) is 7.22. The molecule has 1 amide bonds. The molecule has 1 aliphatic rings. The first-order valence-corrected chi connectivity index (χ1v) is 9.30. The normalized spacial score (nSPS) is 21.5. The molecule has 1 fully saturated rings. The molecule has 1 aliphatic carbocycles. The average Bonchev–Trinajstić information content (AvgIpc) is 3.08. The molecular formula is C22H29ClN2O. The summed E-state index contributed by atoms with van der Waals surface area (Å²) in [6.45, 7) is 1.92. The Bertz CT molecular complexity index is 677. The SMILES string of the molecule is CC(C(=O)NC1CCCC1Cc1ccccc1)C(N)c1ccccc1.Cl. The molecule has 2 aromatic carbocycles. The summed E-state index contributed by atoms with van der Waals surface area (Å²) < 4.78 is 0. The van der Waals surface area contributed by atoms with Gasteiger partial charge in [0, 0.05) is 12.1 Å². The molecular weight excluding hydrogens is 344 g/mol. The van der Waals surface area contributed by atoms with Crippen molar-refractivity contribution < 1.29 is 4.79 Å². The van der Waals surface area contributed by atoms with E-state index in [1.54, 1.807) is 0 Å². The first-order chi connectivity index (χ1) is 12.1. The van der Waals surface area contributed by atoms with Gasteiger partial charge in [0.15, 0.2) is 0 Å². The van der Waals surface area contributed by atoms with Gasteiger partial charge >= 0.3 is 0 Å². The highest BCUT2D eigenvalue weighted by atomic mass is 35.5. The smallest absolute Gasteiger partial charge is 0.224 e. The number of amides is 1. The monoisotopic (exact) mass is 372 g/mol. The van der Waals surface area contributed by atoms with Gasteiger partial charge in [-0.15, -0.1) is 12.4 Å². The van der Waals surface area contributed by atoms with E-state index in [1.807, 2.05) is 43.3 Å². The second-order valence-electron chi connectivity index (χ2n) is 7.22. The van der Waals surface area contributed by atoms with Gasteiger partial charge in [-0.1, -0.05) is 74.0 Å². The summed E-state index contributed by atoms with van der Waals surface area (Å²) in [6.07, 6.45) is 4.46. The fourth-order valence-corrected chi connectivity index (χ4v) is 3.83. The molecule has 0 aromatic heterocycles. The Kier molecular flexibility index (Phi) is 7.67. The average molecular weight is 373 g/mol. The highest BCUT2D eigenvalue weighted by Crippen LogP contribution is 2.29. The van der Waals surface area contributed by atoms with E-state index in [0.717, 1.165) is 18.4 Å². The minimum Gasteiger partial charge on any atom is -0.353 e. The summed E-state index contributed by atoms with van der Waals surface area (Å²) in [5.41, 5.74) is 8.67. The first kappa shape index (κ1) is 20.5. The van der Waals surface area contributed by atoms with E-state index in [9.17, 15) is 4.79 Å². The lowest BCUT2D eigenvalue weighted by molar-refractivity contribution is -0.126. The van der Waals surface area contributed by atoms with Crippen LogP contribution in [-0.4, -0.2) is 11.9 Å². The van der Waals surface area contributed by atoms with Crippen molar-refractivity contribution in [1.29, 1.82) is 0 Å². The van der Waals surface area contributed by atoms with E-state index < -0.39 is 0 Å². The van der Waals surface area contributed by atoms with Crippen molar-refractivity contribution in [2.24, 2.45) is 17.6 Å². The van der Waals surface area contributed by atoms with Crippen LogP contribution in [0.2, 0.25) is 0 Å². The van der Waals surface area contributed by atoms with Crippen LogP contribution in [0.3, 0.4) is 0 Å². The summed E-state index contributed by atoms with van der Waals surface area (Å²) in [7, 11) is 0. The number of rotatable bonds is 6. The Hall–Kier alpha value is -1.84. The first-order valence-electron chi connectivity index (χ1n) is 9.30. The maximum atomic E-state index is 12.7. The lowest BCUT2D eigenvalue weighted by Gasteiger charge is -2.25. The van der Waals surface area contributed by atoms with Crippen LogP contribution >= 0.6 is 12.4 Å². The van der Waals surface area contributed by atoms with Gasteiger partial charge in [-0.3, -0.25) is 4.79 Å². The zero-order chi connectivity index (χ0) is 17.6. The third-order valence-corrected chi connectivity index (χ3v) is 5.46. The highest BCUT2D eigenvalue weighted by molar-refractivity contribution is 5.85. The molecule has 0 saturated heterocycles. The zero-order valence-electron chi connectivity index (χ0n) is 15.3. The quantitative estimate of drug-likeness (QED) is 0.795. The molecule has 4 unspecified atom stereocenters. The van der Waals surface area contributed by atoms with E-state index in [-0.39, 0.29) is 36.3 Å². The maximum absolute atomic E-state index is 12.7. The van der Waals surface area contributed by atoms with Crippen molar-refractivity contribution in [3.8, 4) is 0 Å². The molecule has 1 saturated carbocycles. The van der Waals surface area contributed by atoms with Gasteiger partial charge in [0.05, 0.1) is 5.92 Å². The second kappa shape index (κ2) is 9.75. The lowest BCUT2D eigenvalue weighted by Crippen LogP contribution is -2.43. The predicted molar refractivity (Wildman–Crippen MR) is 109 cm³/mol. The lowest BCUT2D eigenvalue weighted by atomic mass is 9.92. The van der Waals surface area contributed by atoms with E-state index in [1.165, 1.54) is 18.4 Å². The number of carbonyl (C=O) groups excluding carboxylic acids is 1. The van der Waals surface area contributed by atoms with Crippen molar-refractivity contribution in [2.75, 3.05) is 0 Å². The summed E-state index contributed by atoms with van der Waals surface area (Å²) in [6, 6.07) is 20.4. The summed E-state index contributed by atoms with van der Waals surface area (Å²) >= 11 is 0. The minimum absolute atomic E-state index is 0. The van der Waals surface area contributed by atoms with Gasteiger partial charge in [-0.25, -0.2) is 0 Å². The number of halogens is 1. The predicted octanol–water partition coefficient (Wildman–Crippen LogP) is 4.27. The summed E-state index contributed by atoms with van der Waals surface area (Å²) in [4.78, 5) is 12.7. The molecule has 0 aliphatic heterocycles. The maximum Gasteiger partial charge on any atom is 0.224 e. The minimum atomic E-state index is -0.268. The van der Waals surface area contributed by atoms with Gasteiger partial charge in [0.1, 0.15) is 0 Å². The fraction of sp³-hybridized carbons (Fsp3) is 0.409. The molecule has 0 spiro atoms. The Balaban J connectivity index is 0.00000243. The fourth-order valence-electron chi connectivity index (χ4n) is 3.83. The molecule has 3 nitrogen and oxygen atoms in total. The number of carbonyl (C=O) groups is 1. The van der Waals surface area contributed by atoms with Gasteiger partial charge < -0.3 is 11.1 Å². The number of nitrogens with two attached hydrogens (primary N) is 1. The van der Waals surface area contributed by atoms with Crippen LogP contribution in [-0.2, 0) is 11.2 Å². The number of hydrogen-bond donors (Lipinski definition) is 2. The van der Waals surface area contributed by atoms with Crippen LogP contribution in [0.5, 0.6) is 0 Å². The molecule has 4 heteroatoms. The molecule has 3 N–H and O–H groups in total. The molecule has 0 radical (unpaired) electrons. The van der Waals surface area contributed by atoms with Crippen molar-refractivity contribution in [3.05, 3.63) is 71.8 Å². The number of nitrogens with one attached hydrogen (secondary N) is 1. The van der Waals surface area contributed by atoms with Crippen LogP contribution in [0.4, 0.5) is 0 Å². The van der Waals surface area contributed by atoms with Crippen molar-refractivity contribution >= 4 is 18.3 Å². The van der Waals surface area contributed by atoms with E-state index in [0.29, 0.717) is 5.92 Å². The molecule has 140 valence electrons. The Morgan fingerprint density at radius 1 is 1.08 bits per heavy atom. The van der Waals surface area contributed by atoms with E-state index in [2.05, 4.69) is 29.6 Å². The van der Waals surface area contributed by atoms with Gasteiger partial charge in [0.2, 0.25) is 5.91 Å². The number of hydrogen-bond acceptors (Lipinski definition) is 2. The summed E-state index contributed by atoms with van der Waals surface area (Å²) in [5.74, 6) is 0.355. The van der Waals surface area contributed by atoms with Crippen molar-refractivity contribution in [2.45, 2.75) is 44.7 Å². The van der Waals surface area contributed by atoms with Gasteiger partial charge in [-0.05, 0) is 36.3 Å². The molecule has 2 aromatic rings. The van der Waals surface area contributed by atoms with Crippen LogP contribution in [0.15, 0.2) is 60.7 Å². The Morgan fingerprint density at radius 3 is 2.35 bits per heavy atom. The van der Waals surface area contributed by atoms with E-state index in [4.69, 9.17) is 5.73 Å². The summed E-state index contributed by atoms with van der Waals surface area (Å²) in [5, 5.41) is 3.28. The molecule has 0 bridgehead atoms. The highest BCUT2D eigenvalue weighted by Gasteiger charge is 2.31. The molecule has 26 heavy (non-hydrogen) atoms. The largest absolute Gasteiger partial charge is 0.353 e. The van der Waals surface area contributed by atoms with Crippen LogP contribution in [0, 0.1) is 11.8 Å². The van der Waals surface area contributed by atoms with Crippen LogP contribution in [0.25, 0.3) is 0 Å². The standard InChI is InChI=1S/C22H28N2O.ClH/c1-16(21(23)18-11-6-3-7-12-18)22(25)24-20-14-8-13-19(20)15-17-9-4-2-5-10-17;/h2-7,9-12,16,19-21H,8,13-15,23H2,1H3,(H,24,25);1H. The van der Waals surface area contributed by atoms with Crippen molar-refractivity contribution in [1.82, 2.24) is 5.32 Å². The van der Waals surface area contributed by atoms with Crippen molar-refractivity contribution in [3.63, 3.8) is 0 Å². The Morgan fingerprint density at radius 2 is 1.69 bits per heavy atom. The molecule has 0 heterocycles. The van der Waals surface area contributed by atoms with Gasteiger partial charge in [-0.2, -0.15) is 0 Å². The van der Waals surface area contributed by atoms with Crippen LogP contribution in [0.1, 0.15) is 43.4 Å². The van der Waals surface area contributed by atoms with Crippen LogP contribution < -0.4 is 11.1 Å². The Labute approximate surface area is 162 Å².